The molecular formula is C20H26N4. The molecule has 0 spiro atoms. The van der Waals surface area contributed by atoms with Gasteiger partial charge in [-0.05, 0) is 51.1 Å². The number of fused-ring (bicyclic) bond motifs is 1. The molecule has 3 heterocycles. The zero-order chi connectivity index (χ0) is 16.4. The molecule has 4 rings (SSSR count). The van der Waals surface area contributed by atoms with E-state index in [2.05, 4.69) is 47.5 Å². The third-order valence-electron chi connectivity index (χ3n) is 5.25. The maximum absolute atomic E-state index is 5.00. The van der Waals surface area contributed by atoms with E-state index in [9.17, 15) is 0 Å². The number of rotatable bonds is 4. The van der Waals surface area contributed by atoms with Crippen molar-refractivity contribution in [2.45, 2.75) is 45.1 Å². The molecule has 1 fully saturated rings. The average Bonchev–Trinajstić information content (AvgIpc) is 3.15. The van der Waals surface area contributed by atoms with Gasteiger partial charge in [-0.2, -0.15) is 0 Å². The Morgan fingerprint density at radius 1 is 1.17 bits per heavy atom. The Balaban J connectivity index is 1.58. The summed E-state index contributed by atoms with van der Waals surface area (Å²) in [4.78, 5) is 12.3. The first-order chi connectivity index (χ1) is 11.8. The number of aryl methyl sites for hydroxylation is 1. The lowest BCUT2D eigenvalue weighted by Gasteiger charge is -2.31. The Labute approximate surface area is 144 Å². The Morgan fingerprint density at radius 3 is 2.83 bits per heavy atom. The molecule has 1 N–H and O–H groups in total. The summed E-state index contributed by atoms with van der Waals surface area (Å²) in [5, 5.41) is 3.54. The second-order valence-electron chi connectivity index (χ2n) is 6.94. The number of benzene rings is 1. The van der Waals surface area contributed by atoms with Crippen molar-refractivity contribution in [2.24, 2.45) is 0 Å². The highest BCUT2D eigenvalue weighted by molar-refractivity contribution is 5.51. The van der Waals surface area contributed by atoms with Crippen molar-refractivity contribution >= 4 is 5.82 Å². The van der Waals surface area contributed by atoms with E-state index in [0.29, 0.717) is 6.04 Å². The van der Waals surface area contributed by atoms with Crippen LogP contribution in [-0.2, 0) is 12.8 Å². The minimum atomic E-state index is 0.340. The third kappa shape index (κ3) is 3.16. The van der Waals surface area contributed by atoms with Crippen LogP contribution in [0.5, 0.6) is 0 Å². The van der Waals surface area contributed by atoms with E-state index in [1.54, 1.807) is 0 Å². The van der Waals surface area contributed by atoms with Gasteiger partial charge in [-0.1, -0.05) is 30.3 Å². The van der Waals surface area contributed by atoms with Gasteiger partial charge in [0.05, 0.1) is 6.04 Å². The Bertz CT molecular complexity index is 692. The zero-order valence-electron chi connectivity index (χ0n) is 14.5. The van der Waals surface area contributed by atoms with E-state index < -0.39 is 0 Å². The summed E-state index contributed by atoms with van der Waals surface area (Å²) >= 11 is 0. The van der Waals surface area contributed by atoms with Crippen LogP contribution in [0.25, 0.3) is 0 Å². The number of anilines is 1. The lowest BCUT2D eigenvalue weighted by atomic mass is 10.0. The Kier molecular flexibility index (Phi) is 4.48. The van der Waals surface area contributed by atoms with E-state index in [4.69, 9.17) is 9.97 Å². The molecule has 0 radical (unpaired) electrons. The lowest BCUT2D eigenvalue weighted by molar-refractivity contribution is 0.588. The molecular weight excluding hydrogens is 296 g/mol. The molecule has 1 aromatic heterocycles. The molecule has 0 unspecified atom stereocenters. The van der Waals surface area contributed by atoms with Crippen molar-refractivity contribution in [1.82, 2.24) is 15.3 Å². The molecule has 2 aromatic rings. The molecule has 0 aliphatic carbocycles. The zero-order valence-corrected chi connectivity index (χ0v) is 14.5. The van der Waals surface area contributed by atoms with Crippen molar-refractivity contribution in [3.63, 3.8) is 0 Å². The lowest BCUT2D eigenvalue weighted by Crippen LogP contribution is -2.34. The molecule has 2 aliphatic rings. The monoisotopic (exact) mass is 322 g/mol. The van der Waals surface area contributed by atoms with Gasteiger partial charge in [0.25, 0.3) is 0 Å². The predicted octanol–water partition coefficient (Wildman–Crippen LogP) is 3.20. The van der Waals surface area contributed by atoms with Crippen molar-refractivity contribution in [2.75, 3.05) is 24.5 Å². The minimum Gasteiger partial charge on any atom is -0.356 e. The predicted molar refractivity (Wildman–Crippen MR) is 97.4 cm³/mol. The van der Waals surface area contributed by atoms with E-state index in [1.807, 2.05) is 0 Å². The van der Waals surface area contributed by atoms with Crippen LogP contribution in [0.4, 0.5) is 5.82 Å². The normalized spacial score (nSPS) is 20.2. The van der Waals surface area contributed by atoms with Crippen LogP contribution >= 0.6 is 0 Å². The summed E-state index contributed by atoms with van der Waals surface area (Å²) in [6.45, 7) is 5.38. The fourth-order valence-corrected chi connectivity index (χ4v) is 3.90. The summed E-state index contributed by atoms with van der Waals surface area (Å²) in [6.07, 6.45) is 5.76. The second-order valence-corrected chi connectivity index (χ2v) is 6.94. The van der Waals surface area contributed by atoms with E-state index in [1.165, 1.54) is 35.5 Å². The molecule has 1 atom stereocenters. The van der Waals surface area contributed by atoms with E-state index in [-0.39, 0.29) is 0 Å². The number of hydrogen-bond acceptors (Lipinski definition) is 4. The maximum atomic E-state index is 5.00. The standard InChI is InChI=1S/C20H26N4/c1-15-17-9-6-13-24(14-11-16-7-3-2-4-8-16)20(17)23-19(22-15)18-10-5-12-21-18/h2-4,7-8,18,21H,5-6,9-14H2,1H3/t18-/m1/s1. The van der Waals surface area contributed by atoms with Crippen LogP contribution in [0.1, 0.15) is 47.9 Å². The van der Waals surface area contributed by atoms with Gasteiger partial charge >= 0.3 is 0 Å². The average molecular weight is 322 g/mol. The molecule has 0 amide bonds. The van der Waals surface area contributed by atoms with Gasteiger partial charge in [0, 0.05) is 24.3 Å². The van der Waals surface area contributed by atoms with Crippen molar-refractivity contribution in [1.29, 1.82) is 0 Å². The van der Waals surface area contributed by atoms with Gasteiger partial charge in [-0.3, -0.25) is 0 Å². The Morgan fingerprint density at radius 2 is 2.04 bits per heavy atom. The molecule has 1 aromatic carbocycles. The third-order valence-corrected chi connectivity index (χ3v) is 5.25. The smallest absolute Gasteiger partial charge is 0.147 e. The number of nitrogens with one attached hydrogen (secondary N) is 1. The van der Waals surface area contributed by atoms with Crippen LogP contribution in [0.2, 0.25) is 0 Å². The quantitative estimate of drug-likeness (QED) is 0.938. The maximum Gasteiger partial charge on any atom is 0.147 e. The van der Waals surface area contributed by atoms with Gasteiger partial charge in [-0.25, -0.2) is 9.97 Å². The minimum absolute atomic E-state index is 0.340. The Hall–Kier alpha value is -1.94. The fraction of sp³-hybridized carbons (Fsp3) is 0.500. The molecule has 1 saturated heterocycles. The number of nitrogens with zero attached hydrogens (tertiary/aromatic N) is 3. The van der Waals surface area contributed by atoms with Crippen LogP contribution in [0, 0.1) is 6.92 Å². The molecule has 4 nitrogen and oxygen atoms in total. The number of aromatic nitrogens is 2. The van der Waals surface area contributed by atoms with Crippen molar-refractivity contribution < 1.29 is 0 Å². The fourth-order valence-electron chi connectivity index (χ4n) is 3.90. The van der Waals surface area contributed by atoms with E-state index in [0.717, 1.165) is 44.7 Å². The molecule has 4 heteroatoms. The van der Waals surface area contributed by atoms with Crippen molar-refractivity contribution in [3.8, 4) is 0 Å². The second kappa shape index (κ2) is 6.89. The van der Waals surface area contributed by atoms with Gasteiger partial charge in [0.2, 0.25) is 0 Å². The summed E-state index contributed by atoms with van der Waals surface area (Å²) in [5.41, 5.74) is 3.93. The van der Waals surface area contributed by atoms with Gasteiger partial charge in [0.15, 0.2) is 0 Å². The highest BCUT2D eigenvalue weighted by Crippen LogP contribution is 2.30. The highest BCUT2D eigenvalue weighted by atomic mass is 15.2. The molecule has 0 bridgehead atoms. The summed E-state index contributed by atoms with van der Waals surface area (Å²) in [7, 11) is 0. The SMILES string of the molecule is Cc1nc([C@H]2CCCN2)nc2c1CCCN2CCc1ccccc1. The summed E-state index contributed by atoms with van der Waals surface area (Å²) in [6, 6.07) is 11.1. The van der Waals surface area contributed by atoms with Gasteiger partial charge in [-0.15, -0.1) is 0 Å². The highest BCUT2D eigenvalue weighted by Gasteiger charge is 2.25. The van der Waals surface area contributed by atoms with Crippen molar-refractivity contribution in [3.05, 3.63) is 53.0 Å². The first-order valence-corrected chi connectivity index (χ1v) is 9.21. The first kappa shape index (κ1) is 15.6. The van der Waals surface area contributed by atoms with E-state index >= 15 is 0 Å². The molecule has 126 valence electrons. The van der Waals surface area contributed by atoms with Crippen LogP contribution in [-0.4, -0.2) is 29.6 Å². The van der Waals surface area contributed by atoms with Crippen LogP contribution < -0.4 is 10.2 Å². The summed E-state index contributed by atoms with van der Waals surface area (Å²) < 4.78 is 0. The largest absolute Gasteiger partial charge is 0.356 e. The summed E-state index contributed by atoms with van der Waals surface area (Å²) in [5.74, 6) is 2.18. The van der Waals surface area contributed by atoms with Gasteiger partial charge in [0.1, 0.15) is 11.6 Å². The molecule has 2 aliphatic heterocycles. The van der Waals surface area contributed by atoms with Crippen LogP contribution in [0.15, 0.2) is 30.3 Å². The molecule has 0 saturated carbocycles. The molecule has 24 heavy (non-hydrogen) atoms. The van der Waals surface area contributed by atoms with Gasteiger partial charge < -0.3 is 10.2 Å². The number of hydrogen-bond donors (Lipinski definition) is 1. The topological polar surface area (TPSA) is 41.1 Å². The van der Waals surface area contributed by atoms with Crippen LogP contribution in [0.3, 0.4) is 0 Å². The first-order valence-electron chi connectivity index (χ1n) is 9.21.